The summed E-state index contributed by atoms with van der Waals surface area (Å²) >= 11 is 6.00. The van der Waals surface area contributed by atoms with Crippen LogP contribution < -0.4 is 0 Å². The van der Waals surface area contributed by atoms with E-state index in [-0.39, 0.29) is 0 Å². The van der Waals surface area contributed by atoms with Crippen molar-refractivity contribution >= 4 is 22.5 Å². The Morgan fingerprint density at radius 2 is 2.06 bits per heavy atom. The SMILES string of the molecule is Cc1nnc(Cl)n1-c1ccc2ncccc2c1. The van der Waals surface area contributed by atoms with Crippen LogP contribution in [0.5, 0.6) is 0 Å². The number of halogens is 1. The van der Waals surface area contributed by atoms with Crippen molar-refractivity contribution in [3.8, 4) is 5.69 Å². The van der Waals surface area contributed by atoms with Crippen LogP contribution in [0.4, 0.5) is 0 Å². The summed E-state index contributed by atoms with van der Waals surface area (Å²) < 4.78 is 1.80. The van der Waals surface area contributed by atoms with Gasteiger partial charge in [-0.15, -0.1) is 10.2 Å². The second-order valence-electron chi connectivity index (χ2n) is 3.73. The third kappa shape index (κ3) is 1.66. The van der Waals surface area contributed by atoms with Crippen molar-refractivity contribution in [2.45, 2.75) is 6.92 Å². The van der Waals surface area contributed by atoms with E-state index in [1.807, 2.05) is 37.3 Å². The van der Waals surface area contributed by atoms with Crippen LogP contribution >= 0.6 is 11.6 Å². The van der Waals surface area contributed by atoms with Crippen molar-refractivity contribution in [3.63, 3.8) is 0 Å². The molecule has 0 amide bonds. The molecule has 0 N–H and O–H groups in total. The van der Waals surface area contributed by atoms with E-state index < -0.39 is 0 Å². The zero-order valence-corrected chi connectivity index (χ0v) is 9.89. The standard InChI is InChI=1S/C12H9ClN4/c1-8-15-16-12(13)17(8)10-4-5-11-9(7-10)3-2-6-14-11/h2-7H,1H3. The first kappa shape index (κ1) is 10.2. The molecule has 0 atom stereocenters. The Bertz CT molecular complexity index is 670. The molecule has 0 saturated heterocycles. The molecule has 0 aliphatic rings. The van der Waals surface area contributed by atoms with Gasteiger partial charge < -0.3 is 0 Å². The van der Waals surface area contributed by atoms with E-state index in [0.29, 0.717) is 5.28 Å². The monoisotopic (exact) mass is 244 g/mol. The third-order valence-corrected chi connectivity index (χ3v) is 2.87. The summed E-state index contributed by atoms with van der Waals surface area (Å²) in [6, 6.07) is 9.86. The van der Waals surface area contributed by atoms with Gasteiger partial charge in [-0.2, -0.15) is 0 Å². The van der Waals surface area contributed by atoms with Crippen LogP contribution in [0.3, 0.4) is 0 Å². The Balaban J connectivity index is 2.25. The number of aromatic nitrogens is 4. The van der Waals surface area contributed by atoms with E-state index in [2.05, 4.69) is 15.2 Å². The molecular formula is C12H9ClN4. The normalized spacial score (nSPS) is 10.9. The van der Waals surface area contributed by atoms with Crippen molar-refractivity contribution in [2.24, 2.45) is 0 Å². The number of hydrogen-bond acceptors (Lipinski definition) is 3. The maximum absolute atomic E-state index is 6.00. The highest BCUT2D eigenvalue weighted by Crippen LogP contribution is 2.20. The quantitative estimate of drug-likeness (QED) is 0.661. The lowest BCUT2D eigenvalue weighted by Gasteiger charge is -2.06. The minimum Gasteiger partial charge on any atom is -0.270 e. The highest BCUT2D eigenvalue weighted by Gasteiger charge is 2.08. The minimum atomic E-state index is 0.366. The van der Waals surface area contributed by atoms with Gasteiger partial charge in [0.25, 0.3) is 0 Å². The van der Waals surface area contributed by atoms with E-state index in [9.17, 15) is 0 Å². The molecule has 4 nitrogen and oxygen atoms in total. The van der Waals surface area contributed by atoms with Crippen LogP contribution in [-0.2, 0) is 0 Å². The van der Waals surface area contributed by atoms with Crippen LogP contribution in [0.2, 0.25) is 5.28 Å². The average Bonchev–Trinajstić information content (AvgIpc) is 2.68. The highest BCUT2D eigenvalue weighted by molar-refractivity contribution is 6.28. The molecular weight excluding hydrogens is 236 g/mol. The molecule has 3 rings (SSSR count). The lowest BCUT2D eigenvalue weighted by atomic mass is 10.2. The lowest BCUT2D eigenvalue weighted by Crippen LogP contribution is -1.97. The molecule has 1 aromatic carbocycles. The number of nitrogens with zero attached hydrogens (tertiary/aromatic N) is 4. The predicted octanol–water partition coefficient (Wildman–Crippen LogP) is 2.78. The first-order valence-electron chi connectivity index (χ1n) is 5.18. The number of benzene rings is 1. The van der Waals surface area contributed by atoms with Gasteiger partial charge in [0.15, 0.2) is 0 Å². The van der Waals surface area contributed by atoms with Crippen molar-refractivity contribution < 1.29 is 0 Å². The van der Waals surface area contributed by atoms with Crippen LogP contribution in [0.15, 0.2) is 36.5 Å². The number of hydrogen-bond donors (Lipinski definition) is 0. The van der Waals surface area contributed by atoms with Gasteiger partial charge in [0.05, 0.1) is 11.2 Å². The van der Waals surface area contributed by atoms with E-state index in [1.54, 1.807) is 10.8 Å². The van der Waals surface area contributed by atoms with Gasteiger partial charge in [-0.25, -0.2) is 0 Å². The van der Waals surface area contributed by atoms with Crippen LogP contribution in [0.25, 0.3) is 16.6 Å². The molecule has 84 valence electrons. The zero-order valence-electron chi connectivity index (χ0n) is 9.13. The van der Waals surface area contributed by atoms with E-state index in [0.717, 1.165) is 22.4 Å². The maximum atomic E-state index is 6.00. The van der Waals surface area contributed by atoms with Gasteiger partial charge in [0.2, 0.25) is 5.28 Å². The summed E-state index contributed by atoms with van der Waals surface area (Å²) in [7, 11) is 0. The van der Waals surface area contributed by atoms with Crippen LogP contribution in [-0.4, -0.2) is 19.7 Å². The Hall–Kier alpha value is -1.94. The van der Waals surface area contributed by atoms with Gasteiger partial charge in [0, 0.05) is 11.6 Å². The van der Waals surface area contributed by atoms with Gasteiger partial charge in [0.1, 0.15) is 5.82 Å². The fraction of sp³-hybridized carbons (Fsp3) is 0.0833. The van der Waals surface area contributed by atoms with Crippen LogP contribution in [0, 0.1) is 6.92 Å². The van der Waals surface area contributed by atoms with E-state index >= 15 is 0 Å². The second kappa shape index (κ2) is 3.82. The van der Waals surface area contributed by atoms with Crippen molar-refractivity contribution in [1.29, 1.82) is 0 Å². The number of pyridine rings is 1. The Morgan fingerprint density at radius 3 is 2.82 bits per heavy atom. The largest absolute Gasteiger partial charge is 0.270 e. The molecule has 2 aromatic heterocycles. The molecule has 0 saturated carbocycles. The molecule has 3 aromatic rings. The summed E-state index contributed by atoms with van der Waals surface area (Å²) in [5.74, 6) is 0.762. The third-order valence-electron chi connectivity index (χ3n) is 2.63. The van der Waals surface area contributed by atoms with Crippen molar-refractivity contribution in [2.75, 3.05) is 0 Å². The van der Waals surface area contributed by atoms with E-state index in [4.69, 9.17) is 11.6 Å². The van der Waals surface area contributed by atoms with Gasteiger partial charge in [-0.1, -0.05) is 6.07 Å². The summed E-state index contributed by atoms with van der Waals surface area (Å²) in [6.45, 7) is 1.87. The first-order chi connectivity index (χ1) is 8.25. The topological polar surface area (TPSA) is 43.6 Å². The smallest absolute Gasteiger partial charge is 0.229 e. The predicted molar refractivity (Wildman–Crippen MR) is 66.4 cm³/mol. The Labute approximate surface area is 103 Å². The van der Waals surface area contributed by atoms with E-state index in [1.165, 1.54) is 0 Å². The average molecular weight is 245 g/mol. The molecule has 0 unspecified atom stereocenters. The fourth-order valence-electron chi connectivity index (χ4n) is 1.83. The summed E-state index contributed by atoms with van der Waals surface area (Å²) in [5, 5.41) is 9.20. The number of rotatable bonds is 1. The van der Waals surface area contributed by atoms with Gasteiger partial charge >= 0.3 is 0 Å². The summed E-state index contributed by atoms with van der Waals surface area (Å²) in [4.78, 5) is 4.28. The summed E-state index contributed by atoms with van der Waals surface area (Å²) in [6.07, 6.45) is 1.78. The maximum Gasteiger partial charge on any atom is 0.229 e. The van der Waals surface area contributed by atoms with Crippen molar-refractivity contribution in [3.05, 3.63) is 47.6 Å². The molecule has 0 aliphatic heterocycles. The molecule has 0 spiro atoms. The molecule has 5 heteroatoms. The molecule has 0 fully saturated rings. The number of fused-ring (bicyclic) bond motifs is 1. The molecule has 0 aliphatic carbocycles. The van der Waals surface area contributed by atoms with Crippen molar-refractivity contribution in [1.82, 2.24) is 19.7 Å². The van der Waals surface area contributed by atoms with Gasteiger partial charge in [-0.05, 0) is 42.8 Å². The molecule has 0 radical (unpaired) electrons. The van der Waals surface area contributed by atoms with Crippen LogP contribution in [0.1, 0.15) is 5.82 Å². The molecule has 2 heterocycles. The Kier molecular flexibility index (Phi) is 2.30. The lowest BCUT2D eigenvalue weighted by molar-refractivity contribution is 0.971. The summed E-state index contributed by atoms with van der Waals surface area (Å²) in [5.41, 5.74) is 1.90. The molecule has 17 heavy (non-hydrogen) atoms. The fourth-order valence-corrected chi connectivity index (χ4v) is 2.09. The van der Waals surface area contributed by atoms with Gasteiger partial charge in [-0.3, -0.25) is 9.55 Å². The Morgan fingerprint density at radius 1 is 1.18 bits per heavy atom. The first-order valence-corrected chi connectivity index (χ1v) is 5.56. The zero-order chi connectivity index (χ0) is 11.8. The minimum absolute atomic E-state index is 0.366. The number of aryl methyl sites for hydroxylation is 1. The second-order valence-corrected chi connectivity index (χ2v) is 4.07. The highest BCUT2D eigenvalue weighted by atomic mass is 35.5. The molecule has 0 bridgehead atoms.